The third-order valence-corrected chi connectivity index (χ3v) is 2.90. The van der Waals surface area contributed by atoms with Crippen LogP contribution in [0.15, 0.2) is 55.2 Å². The Balaban J connectivity index is 0.000000409. The molecular formula is C17H23NO3S. The van der Waals surface area contributed by atoms with Crippen molar-refractivity contribution in [2.75, 3.05) is 24.7 Å². The van der Waals surface area contributed by atoms with Gasteiger partial charge in [0.05, 0.1) is 12.8 Å². The van der Waals surface area contributed by atoms with Crippen molar-refractivity contribution in [3.8, 4) is 5.75 Å². The molecule has 1 aromatic carbocycles. The quantitative estimate of drug-likeness (QED) is 0.443. The van der Waals surface area contributed by atoms with Crippen molar-refractivity contribution < 1.29 is 14.3 Å². The molecule has 4 nitrogen and oxygen atoms in total. The van der Waals surface area contributed by atoms with Gasteiger partial charge in [-0.3, -0.25) is 4.79 Å². The molecule has 0 saturated carbocycles. The van der Waals surface area contributed by atoms with E-state index in [0.717, 1.165) is 17.0 Å². The summed E-state index contributed by atoms with van der Waals surface area (Å²) in [7, 11) is 1.68. The van der Waals surface area contributed by atoms with E-state index in [1.54, 1.807) is 37.3 Å². The molecule has 0 aliphatic rings. The number of nitrogens with one attached hydrogen (secondary N) is 1. The van der Waals surface area contributed by atoms with Crippen LogP contribution in [0.2, 0.25) is 0 Å². The predicted molar refractivity (Wildman–Crippen MR) is 95.4 cm³/mol. The highest BCUT2D eigenvalue weighted by Crippen LogP contribution is 2.26. The molecule has 0 aliphatic carbocycles. The van der Waals surface area contributed by atoms with Gasteiger partial charge < -0.3 is 14.2 Å². The Labute approximate surface area is 137 Å². The summed E-state index contributed by atoms with van der Waals surface area (Å²) < 4.78 is 12.8. The fraction of sp³-hybridized carbons (Fsp3) is 0.235. The monoisotopic (exact) mass is 321 g/mol. The van der Waals surface area contributed by atoms with E-state index < -0.39 is 0 Å². The number of aryl methyl sites for hydroxylation is 1. The average Bonchev–Trinajstić information content (AvgIpc) is 2.52. The molecule has 0 aromatic heterocycles. The molecule has 0 aliphatic heterocycles. The largest absolute Gasteiger partial charge is 0.495 e. The SMILES string of the molecule is C=C/C=C(\C=C)COC=O.COc1ccc(C)cc1NSC. The van der Waals surface area contributed by atoms with Crippen molar-refractivity contribution in [1.82, 2.24) is 0 Å². The molecular weight excluding hydrogens is 298 g/mol. The summed E-state index contributed by atoms with van der Waals surface area (Å²) in [5, 5.41) is 0. The van der Waals surface area contributed by atoms with E-state index in [0.29, 0.717) is 6.47 Å². The molecule has 1 N–H and O–H groups in total. The second-order valence-electron chi connectivity index (χ2n) is 4.10. The van der Waals surface area contributed by atoms with Crippen LogP contribution in [0.4, 0.5) is 5.69 Å². The number of anilines is 1. The van der Waals surface area contributed by atoms with Gasteiger partial charge in [-0.05, 0) is 30.2 Å². The molecule has 1 aromatic rings. The van der Waals surface area contributed by atoms with Crippen molar-refractivity contribution in [2.45, 2.75) is 6.92 Å². The molecule has 120 valence electrons. The molecule has 0 amide bonds. The minimum Gasteiger partial charge on any atom is -0.495 e. The van der Waals surface area contributed by atoms with E-state index in [1.807, 2.05) is 18.4 Å². The standard InChI is InChI=1S/C9H13NOS.C8H10O2/c1-7-4-5-9(11-2)8(6-7)10-12-3;1-3-5-8(4-2)6-10-7-9/h4-6,10H,1-3H3;3-5,7H,1-2,6H2/b;8-5+. The van der Waals surface area contributed by atoms with Gasteiger partial charge in [0, 0.05) is 6.26 Å². The van der Waals surface area contributed by atoms with Crippen molar-refractivity contribution in [2.24, 2.45) is 0 Å². The van der Waals surface area contributed by atoms with Crippen LogP contribution >= 0.6 is 11.9 Å². The number of rotatable bonds is 8. The lowest BCUT2D eigenvalue weighted by Gasteiger charge is -2.08. The number of ether oxygens (including phenoxy) is 2. The fourth-order valence-corrected chi connectivity index (χ4v) is 1.85. The van der Waals surface area contributed by atoms with E-state index in [4.69, 9.17) is 4.74 Å². The van der Waals surface area contributed by atoms with Crippen LogP contribution in [0.25, 0.3) is 0 Å². The number of allylic oxidation sites excluding steroid dienone is 2. The summed E-state index contributed by atoms with van der Waals surface area (Å²) in [6.45, 7) is 9.74. The maximum Gasteiger partial charge on any atom is 0.293 e. The first-order chi connectivity index (χ1) is 10.6. The third-order valence-electron chi connectivity index (χ3n) is 2.48. The molecule has 0 atom stereocenters. The minimum absolute atomic E-state index is 0.263. The van der Waals surface area contributed by atoms with E-state index >= 15 is 0 Å². The van der Waals surface area contributed by atoms with Gasteiger partial charge in [-0.15, -0.1) is 0 Å². The third kappa shape index (κ3) is 8.21. The highest BCUT2D eigenvalue weighted by molar-refractivity contribution is 7.99. The normalized spacial score (nSPS) is 9.86. The van der Waals surface area contributed by atoms with Crippen LogP contribution in [0.3, 0.4) is 0 Å². The number of carbonyl (C=O) groups is 1. The Morgan fingerprint density at radius 2 is 2.14 bits per heavy atom. The minimum atomic E-state index is 0.263. The van der Waals surface area contributed by atoms with E-state index in [1.165, 1.54) is 5.56 Å². The second kappa shape index (κ2) is 12.6. The Bertz CT molecular complexity index is 513. The van der Waals surface area contributed by atoms with Gasteiger partial charge >= 0.3 is 0 Å². The van der Waals surface area contributed by atoms with E-state index in [-0.39, 0.29) is 6.61 Å². The second-order valence-corrected chi connectivity index (χ2v) is 4.71. The van der Waals surface area contributed by atoms with Crippen LogP contribution < -0.4 is 9.46 Å². The predicted octanol–water partition coefficient (Wildman–Crippen LogP) is 4.15. The Morgan fingerprint density at radius 1 is 1.41 bits per heavy atom. The molecule has 0 heterocycles. The average molecular weight is 321 g/mol. The molecule has 0 bridgehead atoms. The molecule has 22 heavy (non-hydrogen) atoms. The van der Waals surface area contributed by atoms with Gasteiger partial charge in [0.25, 0.3) is 6.47 Å². The fourth-order valence-electron chi connectivity index (χ4n) is 1.47. The Morgan fingerprint density at radius 3 is 2.64 bits per heavy atom. The van der Waals surface area contributed by atoms with Crippen molar-refractivity contribution >= 4 is 24.1 Å². The van der Waals surface area contributed by atoms with Crippen LogP contribution in [-0.4, -0.2) is 26.4 Å². The first-order valence-corrected chi connectivity index (χ1v) is 7.78. The Hall–Kier alpha value is -2.14. The lowest BCUT2D eigenvalue weighted by molar-refractivity contribution is -0.127. The summed E-state index contributed by atoms with van der Waals surface area (Å²) in [5.74, 6) is 0.884. The molecule has 0 radical (unpaired) electrons. The van der Waals surface area contributed by atoms with Crippen LogP contribution in [0.1, 0.15) is 5.56 Å². The zero-order valence-electron chi connectivity index (χ0n) is 13.3. The summed E-state index contributed by atoms with van der Waals surface area (Å²) >= 11 is 1.56. The van der Waals surface area contributed by atoms with Crippen LogP contribution in [0, 0.1) is 6.92 Å². The number of hydrogen-bond donors (Lipinski definition) is 1. The van der Waals surface area contributed by atoms with Gasteiger partial charge in [-0.2, -0.15) is 0 Å². The van der Waals surface area contributed by atoms with Gasteiger partial charge in [-0.25, -0.2) is 0 Å². The summed E-state index contributed by atoms with van der Waals surface area (Å²) in [6, 6.07) is 6.06. The zero-order chi connectivity index (χ0) is 16.8. The van der Waals surface area contributed by atoms with E-state index in [2.05, 4.69) is 35.6 Å². The number of benzene rings is 1. The van der Waals surface area contributed by atoms with Gasteiger partial charge in [-0.1, -0.05) is 49.4 Å². The first kappa shape index (κ1) is 19.9. The summed E-state index contributed by atoms with van der Waals surface area (Å²) in [5.41, 5.74) is 3.10. The lowest BCUT2D eigenvalue weighted by Crippen LogP contribution is -1.92. The molecule has 0 unspecified atom stereocenters. The van der Waals surface area contributed by atoms with Gasteiger partial charge in [0.15, 0.2) is 0 Å². The molecule has 0 saturated heterocycles. The molecule has 0 fully saturated rings. The molecule has 0 spiro atoms. The highest BCUT2D eigenvalue weighted by atomic mass is 32.2. The van der Waals surface area contributed by atoms with Crippen molar-refractivity contribution in [3.05, 3.63) is 60.7 Å². The highest BCUT2D eigenvalue weighted by Gasteiger charge is 2.00. The van der Waals surface area contributed by atoms with Gasteiger partial charge in [0.1, 0.15) is 12.4 Å². The van der Waals surface area contributed by atoms with Crippen molar-refractivity contribution in [1.29, 1.82) is 0 Å². The molecule has 5 heteroatoms. The van der Waals surface area contributed by atoms with Gasteiger partial charge in [0.2, 0.25) is 0 Å². The summed E-state index contributed by atoms with van der Waals surface area (Å²) in [6.07, 6.45) is 6.95. The van der Waals surface area contributed by atoms with Crippen molar-refractivity contribution in [3.63, 3.8) is 0 Å². The maximum atomic E-state index is 9.72. The molecule has 1 rings (SSSR count). The Kier molecular flexibility index (Phi) is 11.4. The first-order valence-electron chi connectivity index (χ1n) is 6.55. The topological polar surface area (TPSA) is 47.6 Å². The zero-order valence-corrected chi connectivity index (χ0v) is 14.1. The van der Waals surface area contributed by atoms with Crippen LogP contribution in [0.5, 0.6) is 5.75 Å². The smallest absolute Gasteiger partial charge is 0.293 e. The maximum absolute atomic E-state index is 9.72. The summed E-state index contributed by atoms with van der Waals surface area (Å²) in [4.78, 5) is 9.72. The number of methoxy groups -OCH3 is 1. The van der Waals surface area contributed by atoms with E-state index in [9.17, 15) is 4.79 Å². The lowest BCUT2D eigenvalue weighted by atomic mass is 10.2. The van der Waals surface area contributed by atoms with Crippen LogP contribution in [-0.2, 0) is 9.53 Å². The number of hydrogen-bond acceptors (Lipinski definition) is 5. The number of carbonyl (C=O) groups excluding carboxylic acids is 1.